The van der Waals surface area contributed by atoms with Crippen molar-refractivity contribution in [2.75, 3.05) is 13.1 Å². The molecule has 0 spiro atoms. The lowest BCUT2D eigenvalue weighted by atomic mass is 10.4. The fraction of sp³-hybridized carbons (Fsp3) is 0.556. The second kappa shape index (κ2) is 4.30. The van der Waals surface area contributed by atoms with E-state index in [9.17, 15) is 0 Å². The predicted octanol–water partition coefficient (Wildman–Crippen LogP) is 3.32. The molecule has 2 rings (SSSR count). The summed E-state index contributed by atoms with van der Waals surface area (Å²) < 4.78 is 1.23. The molecule has 1 aromatic heterocycles. The van der Waals surface area contributed by atoms with Crippen LogP contribution in [0.3, 0.4) is 0 Å². The second-order valence-electron chi connectivity index (χ2n) is 3.31. The summed E-state index contributed by atoms with van der Waals surface area (Å²) in [7, 11) is 0. The Hall–Kier alpha value is 0.430. The van der Waals surface area contributed by atoms with Crippen molar-refractivity contribution in [3.63, 3.8) is 0 Å². The number of likely N-dealkylation sites (tertiary alicyclic amines) is 1. The zero-order valence-electron chi connectivity index (χ0n) is 7.17. The largest absolute Gasteiger partial charge is 0.297 e. The number of nitrogens with zero attached hydrogens (tertiary/aromatic N) is 1. The lowest BCUT2D eigenvalue weighted by Crippen LogP contribution is -2.19. The van der Waals surface area contributed by atoms with E-state index in [-0.39, 0.29) is 0 Å². The minimum absolute atomic E-state index is 0.360. The van der Waals surface area contributed by atoms with Gasteiger partial charge in [-0.25, -0.2) is 0 Å². The molecule has 1 aliphatic heterocycles. The van der Waals surface area contributed by atoms with E-state index in [1.54, 1.807) is 11.3 Å². The van der Waals surface area contributed by atoms with Crippen molar-refractivity contribution in [3.8, 4) is 0 Å². The Labute approximate surface area is 95.8 Å². The van der Waals surface area contributed by atoms with E-state index in [0.29, 0.717) is 5.38 Å². The Balaban J connectivity index is 1.95. The highest BCUT2D eigenvalue weighted by molar-refractivity contribution is 9.10. The average Bonchev–Trinajstić information content (AvgIpc) is 2.64. The fourth-order valence-corrected chi connectivity index (χ4v) is 3.38. The van der Waals surface area contributed by atoms with Crippen LogP contribution in [0.1, 0.15) is 11.3 Å². The Morgan fingerprint density at radius 1 is 1.69 bits per heavy atom. The molecule has 72 valence electrons. The molecule has 1 unspecified atom stereocenters. The van der Waals surface area contributed by atoms with E-state index < -0.39 is 0 Å². The van der Waals surface area contributed by atoms with Crippen molar-refractivity contribution < 1.29 is 0 Å². The molecule has 1 nitrogen and oxygen atoms in total. The molecule has 1 aliphatic rings. The maximum atomic E-state index is 6.04. The minimum Gasteiger partial charge on any atom is -0.297 e. The minimum atomic E-state index is 0.360. The quantitative estimate of drug-likeness (QED) is 0.751. The molecule has 0 N–H and O–H groups in total. The van der Waals surface area contributed by atoms with Gasteiger partial charge in [0.2, 0.25) is 0 Å². The van der Waals surface area contributed by atoms with Gasteiger partial charge in [0.25, 0.3) is 0 Å². The van der Waals surface area contributed by atoms with E-state index in [0.717, 1.165) is 26.1 Å². The van der Waals surface area contributed by atoms with Crippen LogP contribution in [0.15, 0.2) is 15.9 Å². The Kier molecular flexibility index (Phi) is 3.30. The zero-order valence-corrected chi connectivity index (χ0v) is 10.3. The van der Waals surface area contributed by atoms with Crippen LogP contribution in [-0.2, 0) is 6.54 Å². The van der Waals surface area contributed by atoms with Gasteiger partial charge in [0.15, 0.2) is 0 Å². The first-order valence-corrected chi connectivity index (χ1v) is 6.45. The van der Waals surface area contributed by atoms with Crippen molar-refractivity contribution in [1.29, 1.82) is 0 Å². The van der Waals surface area contributed by atoms with Crippen LogP contribution in [0.4, 0.5) is 0 Å². The number of halogens is 2. The van der Waals surface area contributed by atoms with E-state index >= 15 is 0 Å². The third kappa shape index (κ3) is 2.46. The number of alkyl halides is 1. The van der Waals surface area contributed by atoms with Gasteiger partial charge in [-0.3, -0.25) is 4.90 Å². The van der Waals surface area contributed by atoms with E-state index in [2.05, 4.69) is 32.3 Å². The maximum absolute atomic E-state index is 6.04. The van der Waals surface area contributed by atoms with Gasteiger partial charge in [-0.1, -0.05) is 0 Å². The van der Waals surface area contributed by atoms with Crippen LogP contribution < -0.4 is 0 Å². The maximum Gasteiger partial charge on any atom is 0.0475 e. The normalized spacial score (nSPS) is 24.0. The molecule has 0 radical (unpaired) electrons. The van der Waals surface area contributed by atoms with Gasteiger partial charge in [-0.05, 0) is 33.8 Å². The molecule has 0 bridgehead atoms. The van der Waals surface area contributed by atoms with Gasteiger partial charge in [0.05, 0.1) is 0 Å². The fourth-order valence-electron chi connectivity index (χ4n) is 1.57. The summed E-state index contributed by atoms with van der Waals surface area (Å²) in [6.07, 6.45) is 1.13. The van der Waals surface area contributed by atoms with Crippen LogP contribution in [-0.4, -0.2) is 23.4 Å². The van der Waals surface area contributed by atoms with Gasteiger partial charge in [0, 0.05) is 34.4 Å². The Bertz CT molecular complexity index is 289. The molecule has 1 fully saturated rings. The van der Waals surface area contributed by atoms with Crippen LogP contribution in [0, 0.1) is 0 Å². The smallest absolute Gasteiger partial charge is 0.0475 e. The van der Waals surface area contributed by atoms with E-state index in [1.165, 1.54) is 9.35 Å². The average molecular weight is 281 g/mol. The molecule has 13 heavy (non-hydrogen) atoms. The van der Waals surface area contributed by atoms with Crippen LogP contribution in [0.2, 0.25) is 0 Å². The van der Waals surface area contributed by atoms with Crippen molar-refractivity contribution >= 4 is 38.9 Å². The molecule has 2 heterocycles. The second-order valence-corrected chi connectivity index (χ2v) is 5.79. The van der Waals surface area contributed by atoms with Crippen molar-refractivity contribution in [2.24, 2.45) is 0 Å². The standard InChI is InChI=1S/C9H11BrClNS/c10-8-2-4-13-9(8)6-12-3-1-7(11)5-12/h2,4,7H,1,3,5-6H2. The van der Waals surface area contributed by atoms with Crippen LogP contribution in [0.5, 0.6) is 0 Å². The molecule has 0 amide bonds. The first-order chi connectivity index (χ1) is 6.25. The zero-order chi connectivity index (χ0) is 9.26. The first-order valence-electron chi connectivity index (χ1n) is 4.34. The molecule has 0 aliphatic carbocycles. The first kappa shape index (κ1) is 9.97. The summed E-state index contributed by atoms with van der Waals surface area (Å²) >= 11 is 11.4. The Morgan fingerprint density at radius 2 is 2.54 bits per heavy atom. The van der Waals surface area contributed by atoms with Crippen molar-refractivity contribution in [3.05, 3.63) is 20.8 Å². The van der Waals surface area contributed by atoms with Crippen LogP contribution in [0.25, 0.3) is 0 Å². The van der Waals surface area contributed by atoms with Gasteiger partial charge in [-0.15, -0.1) is 22.9 Å². The molecular formula is C9H11BrClNS. The molecule has 1 aromatic rings. The Morgan fingerprint density at radius 3 is 3.08 bits per heavy atom. The highest BCUT2D eigenvalue weighted by atomic mass is 79.9. The van der Waals surface area contributed by atoms with Gasteiger partial charge in [0.1, 0.15) is 0 Å². The summed E-state index contributed by atoms with van der Waals surface area (Å²) in [4.78, 5) is 3.82. The van der Waals surface area contributed by atoms with E-state index in [1.807, 2.05) is 0 Å². The van der Waals surface area contributed by atoms with Crippen molar-refractivity contribution in [2.45, 2.75) is 18.3 Å². The monoisotopic (exact) mass is 279 g/mol. The van der Waals surface area contributed by atoms with Crippen molar-refractivity contribution in [1.82, 2.24) is 4.90 Å². The number of hydrogen-bond acceptors (Lipinski definition) is 2. The number of hydrogen-bond donors (Lipinski definition) is 0. The summed E-state index contributed by atoms with van der Waals surface area (Å²) in [6, 6.07) is 2.11. The number of rotatable bonds is 2. The number of thiophene rings is 1. The van der Waals surface area contributed by atoms with E-state index in [4.69, 9.17) is 11.6 Å². The highest BCUT2D eigenvalue weighted by Crippen LogP contribution is 2.26. The molecular weight excluding hydrogens is 270 g/mol. The molecule has 1 atom stereocenters. The third-order valence-corrected chi connectivity index (χ3v) is 4.54. The molecule has 0 saturated carbocycles. The van der Waals surface area contributed by atoms with Crippen LogP contribution >= 0.6 is 38.9 Å². The summed E-state index contributed by atoms with van der Waals surface area (Å²) in [5.74, 6) is 0. The summed E-state index contributed by atoms with van der Waals surface area (Å²) in [5.41, 5.74) is 0. The predicted molar refractivity (Wildman–Crippen MR) is 61.6 cm³/mol. The molecule has 4 heteroatoms. The lowest BCUT2D eigenvalue weighted by Gasteiger charge is -2.13. The molecule has 0 aromatic carbocycles. The summed E-state index contributed by atoms with van der Waals surface area (Å²) in [5, 5.41) is 2.48. The van der Waals surface area contributed by atoms with Gasteiger partial charge < -0.3 is 0 Å². The molecule has 1 saturated heterocycles. The third-order valence-electron chi connectivity index (χ3n) is 2.27. The van der Waals surface area contributed by atoms with Gasteiger partial charge in [-0.2, -0.15) is 0 Å². The highest BCUT2D eigenvalue weighted by Gasteiger charge is 2.20. The lowest BCUT2D eigenvalue weighted by molar-refractivity contribution is 0.334. The SMILES string of the molecule is ClC1CCN(Cc2sccc2Br)C1. The topological polar surface area (TPSA) is 3.24 Å². The van der Waals surface area contributed by atoms with Gasteiger partial charge >= 0.3 is 0 Å². The summed E-state index contributed by atoms with van der Waals surface area (Å²) in [6.45, 7) is 3.21.